The molecule has 0 radical (unpaired) electrons. The quantitative estimate of drug-likeness (QED) is 0.359. The van der Waals surface area contributed by atoms with Crippen molar-refractivity contribution in [1.29, 1.82) is 0 Å². The van der Waals surface area contributed by atoms with Gasteiger partial charge in [-0.25, -0.2) is 0 Å². The van der Waals surface area contributed by atoms with Gasteiger partial charge in [0.05, 0.1) is 13.6 Å². The predicted octanol–water partition coefficient (Wildman–Crippen LogP) is 0.0430. The van der Waals surface area contributed by atoms with Crippen LogP contribution < -0.4 is 0 Å². The number of aliphatic hydroxyl groups is 1. The zero-order valence-electron chi connectivity index (χ0n) is 5.00. The number of quaternary nitrogens is 1. The molecule has 1 aliphatic rings. The average Bonchev–Trinajstić information content (AvgIpc) is 1.86. The first-order valence-corrected chi connectivity index (χ1v) is 2.87. The smallest absolute Gasteiger partial charge is 0.190 e. The lowest BCUT2D eigenvalue weighted by atomic mass is 10.4. The van der Waals surface area contributed by atoms with E-state index < -0.39 is 10.9 Å². The maximum Gasteiger partial charge on any atom is 0.190 e. The summed E-state index contributed by atoms with van der Waals surface area (Å²) in [5.41, 5.74) is 0. The third-order valence-electron chi connectivity index (χ3n) is 1.69. The molecule has 0 aliphatic carbocycles. The molecule has 8 heavy (non-hydrogen) atoms. The zero-order valence-corrected chi connectivity index (χ0v) is 5.00. The monoisotopic (exact) mass is 117 g/mol. The molecule has 0 amide bonds. The molecule has 1 aliphatic heterocycles. The lowest BCUT2D eigenvalue weighted by molar-refractivity contribution is -0.895. The van der Waals surface area contributed by atoms with Gasteiger partial charge >= 0.3 is 0 Å². The van der Waals surface area contributed by atoms with Crippen molar-refractivity contribution < 1.29 is 9.75 Å². The number of aliphatic hydroxyl groups excluding tert-OH is 1. The second-order valence-corrected chi connectivity index (χ2v) is 2.52. The van der Waals surface area contributed by atoms with E-state index in [2.05, 4.69) is 0 Å². The molecule has 1 N–H and O–H groups in total. The van der Waals surface area contributed by atoms with E-state index >= 15 is 0 Å². The number of rotatable bonds is 0. The molecular weight excluding hydrogens is 106 g/mol. The number of likely N-dealkylation sites (tertiary alicyclic amines) is 1. The lowest BCUT2D eigenvalue weighted by Gasteiger charge is -2.36. The number of nitrogens with zero attached hydrogens (tertiary/aromatic N) is 1. The highest BCUT2D eigenvalue weighted by Gasteiger charge is 2.27. The van der Waals surface area contributed by atoms with E-state index in [9.17, 15) is 5.21 Å². The Labute approximate surface area is 48.7 Å². The highest BCUT2D eigenvalue weighted by atomic mass is 16.6. The van der Waals surface area contributed by atoms with E-state index in [-0.39, 0.29) is 0 Å². The van der Waals surface area contributed by atoms with Crippen molar-refractivity contribution in [3.8, 4) is 0 Å². The molecule has 3 heteroatoms. The van der Waals surface area contributed by atoms with E-state index in [1.807, 2.05) is 0 Å². The van der Waals surface area contributed by atoms with Gasteiger partial charge in [0, 0.05) is 12.8 Å². The van der Waals surface area contributed by atoms with Gasteiger partial charge in [-0.05, 0) is 0 Å². The Balaban J connectivity index is 2.54. The first-order chi connectivity index (χ1) is 3.63. The molecule has 1 heterocycles. The summed E-state index contributed by atoms with van der Waals surface area (Å²) >= 11 is 0. The molecule has 1 saturated heterocycles. The third-order valence-corrected chi connectivity index (χ3v) is 1.69. The van der Waals surface area contributed by atoms with Crippen molar-refractivity contribution in [2.75, 3.05) is 13.6 Å². The topological polar surface area (TPSA) is 43.3 Å². The molecule has 0 spiro atoms. The van der Waals surface area contributed by atoms with Crippen LogP contribution in [0, 0.1) is 5.21 Å². The molecule has 48 valence electrons. The van der Waals surface area contributed by atoms with Crippen LogP contribution in [0.2, 0.25) is 0 Å². The molecule has 0 aromatic carbocycles. The highest BCUT2D eigenvalue weighted by molar-refractivity contribution is 4.55. The van der Waals surface area contributed by atoms with Gasteiger partial charge in [0.15, 0.2) is 6.23 Å². The van der Waals surface area contributed by atoms with E-state index in [0.717, 1.165) is 6.42 Å². The van der Waals surface area contributed by atoms with E-state index in [1.165, 1.54) is 7.05 Å². The standard InChI is InChI=1S/C5H11NO2/c1-6(8)4-2-3-5(6)7/h5,7H,2-4H2,1H3. The number of hydroxylamine groups is 3. The Bertz CT molecular complexity index is 92.4. The maximum atomic E-state index is 10.9. The van der Waals surface area contributed by atoms with Crippen LogP contribution in [0.25, 0.3) is 0 Å². The normalized spacial score (nSPS) is 47.6. The fraction of sp³-hybridized carbons (Fsp3) is 1.00. The summed E-state index contributed by atoms with van der Waals surface area (Å²) in [5.74, 6) is 0. The van der Waals surface area contributed by atoms with E-state index in [4.69, 9.17) is 5.11 Å². The van der Waals surface area contributed by atoms with Crippen LogP contribution >= 0.6 is 0 Å². The molecular formula is C5H11NO2. The largest absolute Gasteiger partial charge is 0.631 e. The third kappa shape index (κ3) is 0.844. The van der Waals surface area contributed by atoms with Crippen LogP contribution in [-0.4, -0.2) is 29.6 Å². The summed E-state index contributed by atoms with van der Waals surface area (Å²) in [6.07, 6.45) is 0.872. The molecule has 0 saturated carbocycles. The summed E-state index contributed by atoms with van der Waals surface area (Å²) in [6.45, 7) is 0.571. The van der Waals surface area contributed by atoms with Crippen LogP contribution in [0.4, 0.5) is 0 Å². The minimum absolute atomic E-state index is 0.458. The molecule has 1 fully saturated rings. The molecule has 2 unspecified atom stereocenters. The van der Waals surface area contributed by atoms with Gasteiger partial charge in [-0.1, -0.05) is 0 Å². The Morgan fingerprint density at radius 2 is 2.38 bits per heavy atom. The van der Waals surface area contributed by atoms with Crippen LogP contribution in [0.5, 0.6) is 0 Å². The van der Waals surface area contributed by atoms with Gasteiger partial charge < -0.3 is 15.0 Å². The van der Waals surface area contributed by atoms with Crippen LogP contribution in [0.15, 0.2) is 0 Å². The molecule has 2 atom stereocenters. The van der Waals surface area contributed by atoms with E-state index in [1.54, 1.807) is 0 Å². The molecule has 0 bridgehead atoms. The minimum Gasteiger partial charge on any atom is -0.631 e. The SMILES string of the molecule is C[N+]1([O-])CCCC1O. The summed E-state index contributed by atoms with van der Waals surface area (Å²) in [4.78, 5) is 0. The van der Waals surface area contributed by atoms with Crippen LogP contribution in [0.3, 0.4) is 0 Å². The average molecular weight is 117 g/mol. The van der Waals surface area contributed by atoms with Crippen molar-refractivity contribution in [2.45, 2.75) is 19.1 Å². The number of hydrogen-bond acceptors (Lipinski definition) is 2. The zero-order chi connectivity index (χ0) is 6.20. The first-order valence-electron chi connectivity index (χ1n) is 2.87. The van der Waals surface area contributed by atoms with Crippen LogP contribution in [0.1, 0.15) is 12.8 Å². The number of hydrogen-bond donors (Lipinski definition) is 1. The first kappa shape index (κ1) is 6.01. The van der Waals surface area contributed by atoms with Gasteiger partial charge in [-0.2, -0.15) is 0 Å². The fourth-order valence-electron chi connectivity index (χ4n) is 1.01. The molecule has 1 rings (SSSR count). The van der Waals surface area contributed by atoms with Gasteiger partial charge in [-0.3, -0.25) is 0 Å². The Morgan fingerprint density at radius 3 is 2.50 bits per heavy atom. The van der Waals surface area contributed by atoms with Gasteiger partial charge in [0.2, 0.25) is 0 Å². The highest BCUT2D eigenvalue weighted by Crippen LogP contribution is 2.19. The van der Waals surface area contributed by atoms with Crippen LogP contribution in [-0.2, 0) is 0 Å². The van der Waals surface area contributed by atoms with Crippen molar-refractivity contribution in [1.82, 2.24) is 0 Å². The summed E-state index contributed by atoms with van der Waals surface area (Å²) in [7, 11) is 1.51. The second-order valence-electron chi connectivity index (χ2n) is 2.52. The van der Waals surface area contributed by atoms with Crippen molar-refractivity contribution in [3.05, 3.63) is 5.21 Å². The summed E-state index contributed by atoms with van der Waals surface area (Å²) in [5, 5.41) is 19.8. The fourth-order valence-corrected chi connectivity index (χ4v) is 1.01. The second kappa shape index (κ2) is 1.69. The molecule has 0 aromatic rings. The maximum absolute atomic E-state index is 10.9. The predicted molar refractivity (Wildman–Crippen MR) is 29.7 cm³/mol. The Hall–Kier alpha value is -0.120. The van der Waals surface area contributed by atoms with Gasteiger partial charge in [0.1, 0.15) is 0 Å². The molecule has 0 aromatic heterocycles. The van der Waals surface area contributed by atoms with Crippen molar-refractivity contribution in [2.24, 2.45) is 0 Å². The van der Waals surface area contributed by atoms with Gasteiger partial charge in [0.25, 0.3) is 0 Å². The summed E-state index contributed by atoms with van der Waals surface area (Å²) < 4.78 is -0.458. The van der Waals surface area contributed by atoms with Gasteiger partial charge in [-0.15, -0.1) is 0 Å². The van der Waals surface area contributed by atoms with Crippen molar-refractivity contribution >= 4 is 0 Å². The van der Waals surface area contributed by atoms with E-state index in [0.29, 0.717) is 13.0 Å². The lowest BCUT2D eigenvalue weighted by Crippen LogP contribution is -2.41. The Morgan fingerprint density at radius 1 is 1.75 bits per heavy atom. The van der Waals surface area contributed by atoms with Crippen molar-refractivity contribution in [3.63, 3.8) is 0 Å². The summed E-state index contributed by atoms with van der Waals surface area (Å²) in [6, 6.07) is 0. The Kier molecular flexibility index (Phi) is 1.27. The molecule has 3 nitrogen and oxygen atoms in total. The minimum atomic E-state index is -0.657.